The molecule has 0 aromatic carbocycles. The number of carbonyl (C=O) groups excluding carboxylic acids is 2. The molecule has 0 radical (unpaired) electrons. The van der Waals surface area contributed by atoms with Gasteiger partial charge in [-0.15, -0.1) is 0 Å². The molecule has 2 heterocycles. The highest BCUT2D eigenvalue weighted by molar-refractivity contribution is 5.88. The molecular formula is C16H26FN3O4. The number of hydrogen-bond acceptors (Lipinski definition) is 5. The van der Waals surface area contributed by atoms with Gasteiger partial charge in [0.1, 0.15) is 5.60 Å². The van der Waals surface area contributed by atoms with Crippen LogP contribution in [0.3, 0.4) is 0 Å². The summed E-state index contributed by atoms with van der Waals surface area (Å²) in [7, 11) is 3.44. The van der Waals surface area contributed by atoms with Crippen LogP contribution < -0.4 is 0 Å². The van der Waals surface area contributed by atoms with Crippen LogP contribution in [-0.2, 0) is 19.1 Å². The molecule has 7 nitrogen and oxygen atoms in total. The topological polar surface area (TPSA) is 62.3 Å². The van der Waals surface area contributed by atoms with E-state index in [0.29, 0.717) is 58.8 Å². The Kier molecular flexibility index (Phi) is 4.81. The van der Waals surface area contributed by atoms with Crippen molar-refractivity contribution < 1.29 is 23.5 Å². The minimum atomic E-state index is -1.66. The van der Waals surface area contributed by atoms with Crippen LogP contribution in [0, 0.1) is 0 Å². The molecule has 1 saturated carbocycles. The van der Waals surface area contributed by atoms with E-state index in [1.54, 1.807) is 23.9 Å². The monoisotopic (exact) mass is 343 g/mol. The zero-order valence-electron chi connectivity index (χ0n) is 14.4. The summed E-state index contributed by atoms with van der Waals surface area (Å²) >= 11 is 0. The van der Waals surface area contributed by atoms with Crippen molar-refractivity contribution in [2.45, 2.75) is 24.1 Å². The second-order valence-corrected chi connectivity index (χ2v) is 7.27. The molecule has 3 fully saturated rings. The average molecular weight is 343 g/mol. The van der Waals surface area contributed by atoms with Gasteiger partial charge in [-0.25, -0.2) is 4.39 Å². The summed E-state index contributed by atoms with van der Waals surface area (Å²) in [4.78, 5) is 29.4. The lowest BCUT2D eigenvalue weighted by molar-refractivity contribution is -0.167. The van der Waals surface area contributed by atoms with E-state index in [2.05, 4.69) is 0 Å². The van der Waals surface area contributed by atoms with Crippen molar-refractivity contribution in [3.05, 3.63) is 0 Å². The van der Waals surface area contributed by atoms with E-state index in [1.807, 2.05) is 4.90 Å². The lowest BCUT2D eigenvalue weighted by Gasteiger charge is -2.43. The molecule has 2 saturated heterocycles. The molecule has 2 amide bonds. The molecule has 1 unspecified atom stereocenters. The first-order valence-corrected chi connectivity index (χ1v) is 8.46. The first-order chi connectivity index (χ1) is 11.3. The summed E-state index contributed by atoms with van der Waals surface area (Å²) in [6.07, 6.45) is 0.631. The Labute approximate surface area is 141 Å². The van der Waals surface area contributed by atoms with Crippen LogP contribution in [0.25, 0.3) is 0 Å². The Morgan fingerprint density at radius 2 is 1.92 bits per heavy atom. The average Bonchev–Trinajstić information content (AvgIpc) is 3.31. The number of nitrogens with zero attached hydrogens (tertiary/aromatic N) is 3. The highest BCUT2D eigenvalue weighted by Crippen LogP contribution is 2.42. The standard InChI is InChI=1S/C16H26FN3O4/c1-18(2)13(21)9-19-5-7-23-12-15(10-19)11-20(6-8-24-15)14(22)16(17)3-4-16/h3-12H2,1-2H3. The summed E-state index contributed by atoms with van der Waals surface area (Å²) in [5, 5.41) is 0. The summed E-state index contributed by atoms with van der Waals surface area (Å²) in [5.41, 5.74) is -2.35. The predicted molar refractivity (Wildman–Crippen MR) is 84.3 cm³/mol. The molecular weight excluding hydrogens is 317 g/mol. The van der Waals surface area contributed by atoms with Gasteiger partial charge in [-0.05, 0) is 12.8 Å². The maximum atomic E-state index is 14.1. The van der Waals surface area contributed by atoms with Crippen molar-refractivity contribution in [1.29, 1.82) is 0 Å². The van der Waals surface area contributed by atoms with E-state index in [0.717, 1.165) is 0 Å². The first-order valence-electron chi connectivity index (χ1n) is 8.46. The number of rotatable bonds is 3. The summed E-state index contributed by atoms with van der Waals surface area (Å²) < 4.78 is 25.8. The van der Waals surface area contributed by atoms with Crippen LogP contribution in [0.5, 0.6) is 0 Å². The molecule has 3 rings (SSSR count). The minimum Gasteiger partial charge on any atom is -0.377 e. The smallest absolute Gasteiger partial charge is 0.260 e. The van der Waals surface area contributed by atoms with E-state index >= 15 is 0 Å². The van der Waals surface area contributed by atoms with E-state index in [9.17, 15) is 14.0 Å². The minimum absolute atomic E-state index is 0.0106. The number of morpholine rings is 1. The third kappa shape index (κ3) is 3.70. The fourth-order valence-electron chi connectivity index (χ4n) is 3.26. The van der Waals surface area contributed by atoms with Gasteiger partial charge < -0.3 is 19.3 Å². The van der Waals surface area contributed by atoms with Crippen LogP contribution in [0.4, 0.5) is 4.39 Å². The summed E-state index contributed by atoms with van der Waals surface area (Å²) in [5.74, 6) is -0.415. The first kappa shape index (κ1) is 17.6. The number of hydrogen-bond donors (Lipinski definition) is 0. The maximum Gasteiger partial charge on any atom is 0.260 e. The molecule has 0 bridgehead atoms. The maximum absolute atomic E-state index is 14.1. The molecule has 1 spiro atoms. The van der Waals surface area contributed by atoms with E-state index in [-0.39, 0.29) is 12.5 Å². The molecule has 3 aliphatic rings. The number of ether oxygens (including phenoxy) is 2. The van der Waals surface area contributed by atoms with E-state index < -0.39 is 17.2 Å². The molecule has 136 valence electrons. The van der Waals surface area contributed by atoms with Crippen LogP contribution in [0.15, 0.2) is 0 Å². The van der Waals surface area contributed by atoms with Gasteiger partial charge in [0.2, 0.25) is 5.91 Å². The van der Waals surface area contributed by atoms with Crippen LogP contribution in [-0.4, -0.2) is 104 Å². The summed E-state index contributed by atoms with van der Waals surface area (Å²) in [6.45, 7) is 3.34. The van der Waals surface area contributed by atoms with Gasteiger partial charge in [-0.1, -0.05) is 0 Å². The van der Waals surface area contributed by atoms with Crippen molar-refractivity contribution in [3.8, 4) is 0 Å². The number of alkyl halides is 1. The molecule has 0 aromatic rings. The number of carbonyl (C=O) groups is 2. The normalized spacial score (nSPS) is 30.0. The molecule has 24 heavy (non-hydrogen) atoms. The Hall–Kier alpha value is -1.25. The third-order valence-electron chi connectivity index (χ3n) is 4.89. The van der Waals surface area contributed by atoms with Gasteiger partial charge in [0.15, 0.2) is 5.67 Å². The Bertz CT molecular complexity index is 512. The molecule has 0 aromatic heterocycles. The van der Waals surface area contributed by atoms with Gasteiger partial charge in [-0.2, -0.15) is 0 Å². The molecule has 1 aliphatic carbocycles. The van der Waals surface area contributed by atoms with E-state index in [4.69, 9.17) is 9.47 Å². The molecule has 0 N–H and O–H groups in total. The molecule has 2 aliphatic heterocycles. The number of halogens is 1. The van der Waals surface area contributed by atoms with Crippen LogP contribution >= 0.6 is 0 Å². The van der Waals surface area contributed by atoms with Crippen molar-refractivity contribution >= 4 is 11.8 Å². The van der Waals surface area contributed by atoms with Crippen LogP contribution in [0.2, 0.25) is 0 Å². The largest absolute Gasteiger partial charge is 0.377 e. The summed E-state index contributed by atoms with van der Waals surface area (Å²) in [6, 6.07) is 0. The van der Waals surface area contributed by atoms with Gasteiger partial charge >= 0.3 is 0 Å². The second-order valence-electron chi connectivity index (χ2n) is 7.27. The Morgan fingerprint density at radius 3 is 2.58 bits per heavy atom. The van der Waals surface area contributed by atoms with Crippen molar-refractivity contribution in [1.82, 2.24) is 14.7 Å². The lowest BCUT2D eigenvalue weighted by atomic mass is 10.0. The highest BCUT2D eigenvalue weighted by atomic mass is 19.1. The fourth-order valence-corrected chi connectivity index (χ4v) is 3.26. The van der Waals surface area contributed by atoms with Crippen LogP contribution in [0.1, 0.15) is 12.8 Å². The highest BCUT2D eigenvalue weighted by Gasteiger charge is 2.54. The van der Waals surface area contributed by atoms with Crippen molar-refractivity contribution in [2.24, 2.45) is 0 Å². The van der Waals surface area contributed by atoms with Gasteiger partial charge in [0.25, 0.3) is 5.91 Å². The fraction of sp³-hybridized carbons (Fsp3) is 0.875. The third-order valence-corrected chi connectivity index (χ3v) is 4.89. The van der Waals surface area contributed by atoms with Gasteiger partial charge in [-0.3, -0.25) is 14.5 Å². The Balaban J connectivity index is 1.67. The van der Waals surface area contributed by atoms with Gasteiger partial charge in [0.05, 0.1) is 32.9 Å². The number of likely N-dealkylation sites (N-methyl/N-ethyl adjacent to an activating group) is 1. The van der Waals surface area contributed by atoms with Crippen molar-refractivity contribution in [3.63, 3.8) is 0 Å². The van der Waals surface area contributed by atoms with E-state index in [1.165, 1.54) is 0 Å². The lowest BCUT2D eigenvalue weighted by Crippen LogP contribution is -2.61. The zero-order valence-corrected chi connectivity index (χ0v) is 14.4. The SMILES string of the molecule is CN(C)C(=O)CN1CCOCC2(C1)CN(C(=O)C1(F)CC1)CCO2. The molecule has 1 atom stereocenters. The van der Waals surface area contributed by atoms with Gasteiger partial charge in [0, 0.05) is 33.7 Å². The second kappa shape index (κ2) is 6.57. The Morgan fingerprint density at radius 1 is 1.17 bits per heavy atom. The number of amides is 2. The van der Waals surface area contributed by atoms with Crippen molar-refractivity contribution in [2.75, 3.05) is 66.6 Å². The predicted octanol–water partition coefficient (Wildman–Crippen LogP) is -0.493. The quantitative estimate of drug-likeness (QED) is 0.692. The molecule has 8 heteroatoms. The zero-order chi connectivity index (χ0) is 17.4.